The van der Waals surface area contributed by atoms with E-state index in [9.17, 15) is 14.7 Å². The summed E-state index contributed by atoms with van der Waals surface area (Å²) in [6.45, 7) is 3.91. The third-order valence-electron chi connectivity index (χ3n) is 4.30. The van der Waals surface area contributed by atoms with Gasteiger partial charge in [-0.15, -0.1) is 0 Å². The minimum absolute atomic E-state index is 0.0584. The summed E-state index contributed by atoms with van der Waals surface area (Å²) in [6.07, 6.45) is 2.23. The molecule has 2 saturated heterocycles. The van der Waals surface area contributed by atoms with Gasteiger partial charge in [0.1, 0.15) is 0 Å². The van der Waals surface area contributed by atoms with E-state index < -0.39 is 11.4 Å². The molecule has 0 radical (unpaired) electrons. The minimum atomic E-state index is -0.823. The molecule has 0 aromatic rings. The molecule has 6 nitrogen and oxygen atoms in total. The molecule has 1 atom stereocenters. The maximum Gasteiger partial charge on any atom is 0.320 e. The first-order valence-corrected chi connectivity index (χ1v) is 6.77. The monoisotopic (exact) mass is 270 g/mol. The molecule has 19 heavy (non-hydrogen) atoms. The Hall–Kier alpha value is -1.30. The molecule has 0 bridgehead atoms. The molecule has 2 aliphatic rings. The quantitative estimate of drug-likeness (QED) is 0.813. The number of nitrogens with zero attached hydrogens (tertiary/aromatic N) is 2. The molecule has 0 saturated carbocycles. The predicted molar refractivity (Wildman–Crippen MR) is 68.9 cm³/mol. The molecule has 1 unspecified atom stereocenters. The molecule has 6 heteroatoms. The molecule has 108 valence electrons. The number of carboxylic acid groups (broad SMARTS) is 1. The van der Waals surface area contributed by atoms with Crippen LogP contribution in [0, 0.1) is 5.41 Å². The number of likely N-dealkylation sites (tertiary alicyclic amines) is 1. The van der Waals surface area contributed by atoms with E-state index in [4.69, 9.17) is 4.74 Å². The average Bonchev–Trinajstić information content (AvgIpc) is 2.82. The van der Waals surface area contributed by atoms with Gasteiger partial charge in [-0.2, -0.15) is 0 Å². The highest BCUT2D eigenvalue weighted by Crippen LogP contribution is 2.31. The van der Waals surface area contributed by atoms with E-state index in [0.717, 1.165) is 12.8 Å². The third-order valence-corrected chi connectivity index (χ3v) is 4.30. The zero-order chi connectivity index (χ0) is 14.0. The fraction of sp³-hybridized carbons (Fsp3) is 0.846. The Morgan fingerprint density at radius 1 is 1.37 bits per heavy atom. The Morgan fingerprint density at radius 2 is 2.00 bits per heavy atom. The predicted octanol–water partition coefficient (Wildman–Crippen LogP) is 1.01. The van der Waals surface area contributed by atoms with E-state index in [0.29, 0.717) is 32.7 Å². The molecule has 2 amide bonds. The average molecular weight is 270 g/mol. The molecule has 2 rings (SSSR count). The lowest BCUT2D eigenvalue weighted by molar-refractivity contribution is -0.147. The van der Waals surface area contributed by atoms with Crippen molar-refractivity contribution in [1.82, 2.24) is 9.80 Å². The molecule has 0 aromatic carbocycles. The first-order chi connectivity index (χ1) is 8.94. The first kappa shape index (κ1) is 14.1. The largest absolute Gasteiger partial charge is 0.481 e. The van der Waals surface area contributed by atoms with Gasteiger partial charge in [-0.25, -0.2) is 4.79 Å². The number of urea groups is 1. The molecular weight excluding hydrogens is 248 g/mol. The molecule has 2 fully saturated rings. The van der Waals surface area contributed by atoms with Crippen LogP contribution in [-0.2, 0) is 9.53 Å². The number of hydrogen-bond donors (Lipinski definition) is 1. The van der Waals surface area contributed by atoms with Gasteiger partial charge in [-0.05, 0) is 26.2 Å². The highest BCUT2D eigenvalue weighted by molar-refractivity contribution is 5.79. The van der Waals surface area contributed by atoms with Crippen molar-refractivity contribution in [2.75, 3.05) is 33.4 Å². The number of carbonyl (C=O) groups excluding carboxylic acids is 1. The van der Waals surface area contributed by atoms with Crippen molar-refractivity contribution in [2.24, 2.45) is 5.41 Å². The number of amides is 2. The maximum absolute atomic E-state index is 12.4. The normalized spacial score (nSPS) is 28.4. The van der Waals surface area contributed by atoms with Crippen molar-refractivity contribution in [3.05, 3.63) is 0 Å². The number of aliphatic carboxylic acids is 1. The van der Waals surface area contributed by atoms with E-state index in [1.165, 1.54) is 0 Å². The van der Waals surface area contributed by atoms with Crippen LogP contribution in [0.4, 0.5) is 4.79 Å². The van der Waals surface area contributed by atoms with Crippen LogP contribution in [0.25, 0.3) is 0 Å². The number of ether oxygens (including phenoxy) is 1. The highest BCUT2D eigenvalue weighted by atomic mass is 16.5. The van der Waals surface area contributed by atoms with Gasteiger partial charge in [0, 0.05) is 39.4 Å². The van der Waals surface area contributed by atoms with Gasteiger partial charge in [0.05, 0.1) is 5.41 Å². The Labute approximate surface area is 113 Å². The Balaban J connectivity index is 1.95. The fourth-order valence-electron chi connectivity index (χ4n) is 2.75. The van der Waals surface area contributed by atoms with Gasteiger partial charge >= 0.3 is 12.0 Å². The van der Waals surface area contributed by atoms with Crippen molar-refractivity contribution >= 4 is 12.0 Å². The third kappa shape index (κ3) is 2.83. The smallest absolute Gasteiger partial charge is 0.320 e. The number of rotatable bonds is 2. The summed E-state index contributed by atoms with van der Waals surface area (Å²) in [5.74, 6) is -0.823. The van der Waals surface area contributed by atoms with Crippen LogP contribution in [0.1, 0.15) is 26.2 Å². The summed E-state index contributed by atoms with van der Waals surface area (Å²) in [5.41, 5.74) is -0.799. The maximum atomic E-state index is 12.4. The molecule has 1 N–H and O–H groups in total. The number of carboxylic acids is 1. The van der Waals surface area contributed by atoms with Crippen molar-refractivity contribution in [3.8, 4) is 0 Å². The molecular formula is C13H22N2O4. The second-order valence-corrected chi connectivity index (χ2v) is 5.77. The lowest BCUT2D eigenvalue weighted by Crippen LogP contribution is -2.47. The standard InChI is InChI=1S/C13H22N2O4/c1-13(11(16)17)5-6-15(9-13)12(18)14(2)10-3-7-19-8-4-10/h10H,3-9H2,1-2H3,(H,16,17). The van der Waals surface area contributed by atoms with Gasteiger partial charge in [0.25, 0.3) is 0 Å². The van der Waals surface area contributed by atoms with Gasteiger partial charge in [0.15, 0.2) is 0 Å². The topological polar surface area (TPSA) is 70.1 Å². The zero-order valence-electron chi connectivity index (χ0n) is 11.6. The summed E-state index contributed by atoms with van der Waals surface area (Å²) in [5, 5.41) is 9.19. The second-order valence-electron chi connectivity index (χ2n) is 5.77. The van der Waals surface area contributed by atoms with Gasteiger partial charge in [0.2, 0.25) is 0 Å². The van der Waals surface area contributed by atoms with Crippen molar-refractivity contribution in [2.45, 2.75) is 32.2 Å². The first-order valence-electron chi connectivity index (χ1n) is 6.77. The Kier molecular flexibility index (Phi) is 3.99. The summed E-state index contributed by atoms with van der Waals surface area (Å²) in [7, 11) is 1.80. The van der Waals surface area contributed by atoms with E-state index >= 15 is 0 Å². The summed E-state index contributed by atoms with van der Waals surface area (Å²) < 4.78 is 5.29. The van der Waals surface area contributed by atoms with E-state index in [-0.39, 0.29) is 12.1 Å². The summed E-state index contributed by atoms with van der Waals surface area (Å²) >= 11 is 0. The van der Waals surface area contributed by atoms with Crippen molar-refractivity contribution in [1.29, 1.82) is 0 Å². The van der Waals surface area contributed by atoms with Gasteiger partial charge < -0.3 is 19.6 Å². The van der Waals surface area contributed by atoms with E-state index in [1.54, 1.807) is 23.8 Å². The number of hydrogen-bond acceptors (Lipinski definition) is 3. The van der Waals surface area contributed by atoms with Crippen molar-refractivity contribution in [3.63, 3.8) is 0 Å². The molecule has 0 spiro atoms. The Morgan fingerprint density at radius 3 is 2.53 bits per heavy atom. The van der Waals surface area contributed by atoms with E-state index in [1.807, 2.05) is 0 Å². The van der Waals surface area contributed by atoms with Crippen LogP contribution >= 0.6 is 0 Å². The van der Waals surface area contributed by atoms with Crippen LogP contribution in [-0.4, -0.2) is 66.3 Å². The molecule has 0 aromatic heterocycles. The molecule has 0 aliphatic carbocycles. The van der Waals surface area contributed by atoms with Crippen LogP contribution in [0.2, 0.25) is 0 Å². The highest BCUT2D eigenvalue weighted by Gasteiger charge is 2.43. The SMILES string of the molecule is CN(C(=O)N1CCC(C)(C(=O)O)C1)C1CCOCC1. The van der Waals surface area contributed by atoms with Gasteiger partial charge in [-0.3, -0.25) is 4.79 Å². The zero-order valence-corrected chi connectivity index (χ0v) is 11.6. The van der Waals surface area contributed by atoms with Crippen molar-refractivity contribution < 1.29 is 19.4 Å². The van der Waals surface area contributed by atoms with Crippen LogP contribution in [0.3, 0.4) is 0 Å². The van der Waals surface area contributed by atoms with Crippen LogP contribution < -0.4 is 0 Å². The van der Waals surface area contributed by atoms with Gasteiger partial charge in [-0.1, -0.05) is 0 Å². The van der Waals surface area contributed by atoms with Crippen LogP contribution in [0.15, 0.2) is 0 Å². The lowest BCUT2D eigenvalue weighted by Gasteiger charge is -2.34. The molecule has 2 aliphatic heterocycles. The van der Waals surface area contributed by atoms with E-state index in [2.05, 4.69) is 0 Å². The Bertz CT molecular complexity index is 368. The summed E-state index contributed by atoms with van der Waals surface area (Å²) in [4.78, 5) is 27.0. The fourth-order valence-corrected chi connectivity index (χ4v) is 2.75. The molecule has 2 heterocycles. The minimum Gasteiger partial charge on any atom is -0.481 e. The summed E-state index contributed by atoms with van der Waals surface area (Å²) in [6, 6.07) is 0.148. The number of carbonyl (C=O) groups is 2. The second kappa shape index (κ2) is 5.36. The van der Waals surface area contributed by atoms with Crippen LogP contribution in [0.5, 0.6) is 0 Å². The lowest BCUT2D eigenvalue weighted by atomic mass is 9.90.